The van der Waals surface area contributed by atoms with Crippen molar-refractivity contribution in [1.29, 1.82) is 0 Å². The average Bonchev–Trinajstić information content (AvgIpc) is 2.40. The molecule has 1 aliphatic carbocycles. The van der Waals surface area contributed by atoms with E-state index >= 15 is 0 Å². The lowest BCUT2D eigenvalue weighted by molar-refractivity contribution is 0.0409. The maximum Gasteiger partial charge on any atom is 0.340 e. The highest BCUT2D eigenvalue weighted by Crippen LogP contribution is 2.24. The van der Waals surface area contributed by atoms with Crippen LogP contribution in [0.5, 0.6) is 0 Å². The molecule has 1 aliphatic rings. The molecule has 2 N–H and O–H groups in total. The van der Waals surface area contributed by atoms with Gasteiger partial charge in [0.05, 0.1) is 29.7 Å². The van der Waals surface area contributed by atoms with Gasteiger partial charge in [-0.15, -0.1) is 0 Å². The summed E-state index contributed by atoms with van der Waals surface area (Å²) in [5, 5.41) is 0. The fourth-order valence-electron chi connectivity index (χ4n) is 2.38. The number of nitrogen functional groups attached to an aromatic ring is 1. The van der Waals surface area contributed by atoms with Crippen LogP contribution < -0.4 is 5.73 Å². The summed E-state index contributed by atoms with van der Waals surface area (Å²) in [4.78, 5) is 16.0. The van der Waals surface area contributed by atoms with Crippen molar-refractivity contribution in [3.8, 4) is 0 Å². The summed E-state index contributed by atoms with van der Waals surface area (Å²) < 4.78 is 5.37. The predicted octanol–water partition coefficient (Wildman–Crippen LogP) is 2.71. The molecule has 0 spiro atoms. The number of hydrogen-bond acceptors (Lipinski definition) is 4. The topological polar surface area (TPSA) is 65.2 Å². The standard InChI is InChI=1S/C14H20N2O2/c1-10-13(7-12(15)8-16-10)14(17)18-9-11-5-3-2-4-6-11/h7-8,11H,2-6,9,15H2,1H3. The van der Waals surface area contributed by atoms with Crippen molar-refractivity contribution < 1.29 is 9.53 Å². The Labute approximate surface area is 108 Å². The van der Waals surface area contributed by atoms with E-state index in [0.717, 1.165) is 0 Å². The van der Waals surface area contributed by atoms with Crippen LogP contribution in [-0.4, -0.2) is 17.6 Å². The van der Waals surface area contributed by atoms with Crippen molar-refractivity contribution in [2.45, 2.75) is 39.0 Å². The van der Waals surface area contributed by atoms with Crippen molar-refractivity contribution in [1.82, 2.24) is 4.98 Å². The molecule has 4 heteroatoms. The molecule has 0 aromatic carbocycles. The lowest BCUT2D eigenvalue weighted by atomic mass is 9.90. The highest BCUT2D eigenvalue weighted by Gasteiger charge is 2.17. The molecule has 1 saturated carbocycles. The molecule has 1 heterocycles. The summed E-state index contributed by atoms with van der Waals surface area (Å²) in [5.74, 6) is 0.217. The van der Waals surface area contributed by atoms with Crippen LogP contribution in [0.25, 0.3) is 0 Å². The Bertz CT molecular complexity index is 426. The van der Waals surface area contributed by atoms with Gasteiger partial charge in [0.2, 0.25) is 0 Å². The number of hydrogen-bond donors (Lipinski definition) is 1. The third-order valence-corrected chi connectivity index (χ3v) is 3.50. The molecule has 0 atom stereocenters. The van der Waals surface area contributed by atoms with Gasteiger partial charge in [-0.05, 0) is 31.7 Å². The van der Waals surface area contributed by atoms with Crippen molar-refractivity contribution >= 4 is 11.7 Å². The molecule has 1 aromatic heterocycles. The minimum atomic E-state index is -0.308. The van der Waals surface area contributed by atoms with Gasteiger partial charge >= 0.3 is 5.97 Å². The van der Waals surface area contributed by atoms with E-state index in [0.29, 0.717) is 29.5 Å². The first-order valence-electron chi connectivity index (χ1n) is 6.56. The number of carbonyl (C=O) groups excluding carboxylic acids is 1. The van der Waals surface area contributed by atoms with Gasteiger partial charge in [0.1, 0.15) is 0 Å². The number of nitrogens with zero attached hydrogens (tertiary/aromatic N) is 1. The molecule has 0 aliphatic heterocycles. The molecule has 0 unspecified atom stereocenters. The SMILES string of the molecule is Cc1ncc(N)cc1C(=O)OCC1CCCCC1. The smallest absolute Gasteiger partial charge is 0.340 e. The van der Waals surface area contributed by atoms with Crippen LogP contribution in [0.15, 0.2) is 12.3 Å². The van der Waals surface area contributed by atoms with E-state index in [1.807, 2.05) is 0 Å². The number of anilines is 1. The molecule has 1 aromatic rings. The van der Waals surface area contributed by atoms with Crippen LogP contribution in [0.3, 0.4) is 0 Å². The van der Waals surface area contributed by atoms with Crippen LogP contribution >= 0.6 is 0 Å². The van der Waals surface area contributed by atoms with E-state index in [1.54, 1.807) is 19.2 Å². The minimum absolute atomic E-state index is 0.308. The zero-order chi connectivity index (χ0) is 13.0. The molecule has 0 radical (unpaired) electrons. The fraction of sp³-hybridized carbons (Fsp3) is 0.571. The summed E-state index contributed by atoms with van der Waals surface area (Å²) >= 11 is 0. The Morgan fingerprint density at radius 1 is 1.44 bits per heavy atom. The van der Waals surface area contributed by atoms with Crippen LogP contribution in [-0.2, 0) is 4.74 Å². The summed E-state index contributed by atoms with van der Waals surface area (Å²) in [6.07, 6.45) is 7.70. The van der Waals surface area contributed by atoms with Gasteiger partial charge in [-0.25, -0.2) is 4.79 Å². The minimum Gasteiger partial charge on any atom is -0.462 e. The van der Waals surface area contributed by atoms with E-state index < -0.39 is 0 Å². The largest absolute Gasteiger partial charge is 0.462 e. The van der Waals surface area contributed by atoms with Crippen molar-refractivity contribution in [2.75, 3.05) is 12.3 Å². The van der Waals surface area contributed by atoms with E-state index in [2.05, 4.69) is 4.98 Å². The summed E-state index contributed by atoms with van der Waals surface area (Å²) in [5.41, 5.74) is 7.27. The maximum atomic E-state index is 11.9. The average molecular weight is 248 g/mol. The van der Waals surface area contributed by atoms with Crippen molar-refractivity contribution in [2.24, 2.45) is 5.92 Å². The molecule has 1 fully saturated rings. The highest BCUT2D eigenvalue weighted by molar-refractivity contribution is 5.91. The Balaban J connectivity index is 1.92. The number of aryl methyl sites for hydroxylation is 1. The molecular formula is C14H20N2O2. The normalized spacial score (nSPS) is 16.5. The molecule has 98 valence electrons. The molecule has 0 amide bonds. The first kappa shape index (κ1) is 12.9. The quantitative estimate of drug-likeness (QED) is 0.835. The molecule has 2 rings (SSSR count). The number of ether oxygens (including phenoxy) is 1. The van der Waals surface area contributed by atoms with Gasteiger partial charge in [0.25, 0.3) is 0 Å². The maximum absolute atomic E-state index is 11.9. The van der Waals surface area contributed by atoms with E-state index in [-0.39, 0.29) is 5.97 Å². The van der Waals surface area contributed by atoms with E-state index in [9.17, 15) is 4.79 Å². The number of rotatable bonds is 3. The number of aromatic nitrogens is 1. The molecule has 0 saturated heterocycles. The number of esters is 1. The van der Waals surface area contributed by atoms with Gasteiger partial charge in [-0.3, -0.25) is 4.98 Å². The Morgan fingerprint density at radius 3 is 2.89 bits per heavy atom. The van der Waals surface area contributed by atoms with Crippen LogP contribution in [0, 0.1) is 12.8 Å². The Morgan fingerprint density at radius 2 is 2.17 bits per heavy atom. The zero-order valence-electron chi connectivity index (χ0n) is 10.8. The number of pyridine rings is 1. The van der Waals surface area contributed by atoms with Gasteiger partial charge in [-0.2, -0.15) is 0 Å². The van der Waals surface area contributed by atoms with E-state index in [1.165, 1.54) is 32.1 Å². The predicted molar refractivity (Wildman–Crippen MR) is 70.2 cm³/mol. The third-order valence-electron chi connectivity index (χ3n) is 3.50. The summed E-state index contributed by atoms with van der Waals surface area (Å²) in [6, 6.07) is 1.63. The summed E-state index contributed by atoms with van der Waals surface area (Å²) in [7, 11) is 0. The zero-order valence-corrected chi connectivity index (χ0v) is 10.8. The van der Waals surface area contributed by atoms with Gasteiger partial charge in [0, 0.05) is 0 Å². The molecular weight excluding hydrogens is 228 g/mol. The lowest BCUT2D eigenvalue weighted by Gasteiger charge is -2.21. The Hall–Kier alpha value is -1.58. The third kappa shape index (κ3) is 3.22. The van der Waals surface area contributed by atoms with Crippen molar-refractivity contribution in [3.63, 3.8) is 0 Å². The fourth-order valence-corrected chi connectivity index (χ4v) is 2.38. The molecule has 18 heavy (non-hydrogen) atoms. The second-order valence-electron chi connectivity index (χ2n) is 5.00. The second kappa shape index (κ2) is 5.85. The van der Waals surface area contributed by atoms with Crippen LogP contribution in [0.2, 0.25) is 0 Å². The summed E-state index contributed by atoms with van der Waals surface area (Å²) in [6.45, 7) is 2.31. The molecule has 0 bridgehead atoms. The monoisotopic (exact) mass is 248 g/mol. The first-order valence-corrected chi connectivity index (χ1v) is 6.56. The second-order valence-corrected chi connectivity index (χ2v) is 5.00. The van der Waals surface area contributed by atoms with E-state index in [4.69, 9.17) is 10.5 Å². The number of nitrogens with two attached hydrogens (primary N) is 1. The number of carbonyl (C=O) groups is 1. The van der Waals surface area contributed by atoms with Gasteiger partial charge < -0.3 is 10.5 Å². The Kier molecular flexibility index (Phi) is 4.18. The van der Waals surface area contributed by atoms with Crippen LogP contribution in [0.1, 0.15) is 48.2 Å². The lowest BCUT2D eigenvalue weighted by Crippen LogP contribution is -2.17. The molecule has 4 nitrogen and oxygen atoms in total. The van der Waals surface area contributed by atoms with Gasteiger partial charge in [0.15, 0.2) is 0 Å². The van der Waals surface area contributed by atoms with Crippen molar-refractivity contribution in [3.05, 3.63) is 23.5 Å². The highest BCUT2D eigenvalue weighted by atomic mass is 16.5. The van der Waals surface area contributed by atoms with Gasteiger partial charge in [-0.1, -0.05) is 19.3 Å². The van der Waals surface area contributed by atoms with Crippen LogP contribution in [0.4, 0.5) is 5.69 Å². The first-order chi connectivity index (χ1) is 8.66.